The predicted octanol–water partition coefficient (Wildman–Crippen LogP) is 5.06. The number of aromatic nitrogens is 3. The molecule has 1 aromatic heterocycles. The minimum atomic E-state index is -4.02. The average molecular weight is 451 g/mol. The van der Waals surface area contributed by atoms with Crippen molar-refractivity contribution in [1.29, 1.82) is 0 Å². The molecular formula is C21H24ClFN4O2S. The number of aryl methyl sites for hydroxylation is 1. The fourth-order valence-electron chi connectivity index (χ4n) is 3.42. The van der Waals surface area contributed by atoms with Crippen LogP contribution >= 0.6 is 11.6 Å². The summed E-state index contributed by atoms with van der Waals surface area (Å²) in [4.78, 5) is 0.106. The molecule has 3 aromatic rings. The summed E-state index contributed by atoms with van der Waals surface area (Å²) in [6, 6.07) is 10.9. The molecule has 0 aliphatic heterocycles. The molecule has 2 aromatic carbocycles. The van der Waals surface area contributed by atoms with E-state index in [0.717, 1.165) is 0 Å². The molecule has 0 fully saturated rings. The normalized spacial score (nSPS) is 12.2. The molecule has 0 amide bonds. The van der Waals surface area contributed by atoms with Crippen molar-refractivity contribution in [3.63, 3.8) is 0 Å². The van der Waals surface area contributed by atoms with E-state index in [-0.39, 0.29) is 27.0 Å². The van der Waals surface area contributed by atoms with Crippen molar-refractivity contribution >= 4 is 27.3 Å². The van der Waals surface area contributed by atoms with E-state index in [2.05, 4.69) is 10.2 Å². The Balaban J connectivity index is 2.38. The number of anilines is 1. The first kappa shape index (κ1) is 22.2. The number of hydrogen-bond donors (Lipinski definition) is 0. The van der Waals surface area contributed by atoms with Gasteiger partial charge in [0.1, 0.15) is 5.82 Å². The Bertz CT molecular complexity index is 1170. The quantitative estimate of drug-likeness (QED) is 0.544. The van der Waals surface area contributed by atoms with Gasteiger partial charge in [0.2, 0.25) is 0 Å². The van der Waals surface area contributed by atoms with E-state index in [1.165, 1.54) is 28.6 Å². The smallest absolute Gasteiger partial charge is 0.264 e. The SMILES string of the molecule is CCn1c(C)nnc1-c1c(N(C(C)(C)C)S(=O)(=O)c2ccccc2)ccc(Cl)c1F. The Labute approximate surface area is 181 Å². The number of hydrogen-bond acceptors (Lipinski definition) is 4. The Morgan fingerprint density at radius 2 is 1.73 bits per heavy atom. The van der Waals surface area contributed by atoms with E-state index in [0.29, 0.717) is 12.4 Å². The minimum absolute atomic E-state index is 0.000573. The van der Waals surface area contributed by atoms with Gasteiger partial charge in [0.05, 0.1) is 21.2 Å². The van der Waals surface area contributed by atoms with Crippen LogP contribution in [0.3, 0.4) is 0 Å². The van der Waals surface area contributed by atoms with Crippen LogP contribution in [0.2, 0.25) is 5.02 Å². The van der Waals surface area contributed by atoms with Crippen LogP contribution < -0.4 is 4.31 Å². The first-order valence-corrected chi connectivity index (χ1v) is 11.3. The lowest BCUT2D eigenvalue weighted by Crippen LogP contribution is -2.46. The van der Waals surface area contributed by atoms with Gasteiger partial charge in [0.15, 0.2) is 11.6 Å². The summed E-state index contributed by atoms with van der Waals surface area (Å²) in [5.41, 5.74) is -0.759. The largest absolute Gasteiger partial charge is 0.311 e. The number of nitrogens with zero attached hydrogens (tertiary/aromatic N) is 4. The maximum Gasteiger partial charge on any atom is 0.264 e. The molecule has 160 valence electrons. The van der Waals surface area contributed by atoms with Crippen LogP contribution in [-0.2, 0) is 16.6 Å². The van der Waals surface area contributed by atoms with Gasteiger partial charge < -0.3 is 4.57 Å². The standard InChI is InChI=1S/C21H24ClFN4O2S/c1-6-26-14(2)24-25-20(26)18-17(13-12-16(22)19(18)23)27(21(3,4)5)30(28,29)15-10-8-7-9-11-15/h7-13H,6H2,1-5H3. The molecule has 0 atom stereocenters. The minimum Gasteiger partial charge on any atom is -0.311 e. The van der Waals surface area contributed by atoms with Crippen LogP contribution in [0.4, 0.5) is 10.1 Å². The molecule has 0 N–H and O–H groups in total. The predicted molar refractivity (Wildman–Crippen MR) is 117 cm³/mol. The van der Waals surface area contributed by atoms with Gasteiger partial charge in [-0.1, -0.05) is 29.8 Å². The first-order chi connectivity index (χ1) is 14.0. The fourth-order valence-corrected chi connectivity index (χ4v) is 5.42. The Hall–Kier alpha value is -2.45. The van der Waals surface area contributed by atoms with Crippen LogP contribution in [0.1, 0.15) is 33.5 Å². The summed E-state index contributed by atoms with van der Waals surface area (Å²) in [7, 11) is -4.02. The van der Waals surface area contributed by atoms with Crippen LogP contribution in [0.15, 0.2) is 47.4 Å². The zero-order valence-corrected chi connectivity index (χ0v) is 19.1. The lowest BCUT2D eigenvalue weighted by atomic mass is 10.1. The molecule has 1 heterocycles. The van der Waals surface area contributed by atoms with Crippen molar-refractivity contribution in [1.82, 2.24) is 14.8 Å². The number of rotatable bonds is 5. The van der Waals surface area contributed by atoms with Gasteiger partial charge in [0.25, 0.3) is 10.0 Å². The number of halogens is 2. The van der Waals surface area contributed by atoms with Gasteiger partial charge in [-0.25, -0.2) is 12.8 Å². The highest BCUT2D eigenvalue weighted by molar-refractivity contribution is 7.93. The summed E-state index contributed by atoms with van der Waals surface area (Å²) in [6.07, 6.45) is 0. The van der Waals surface area contributed by atoms with E-state index in [9.17, 15) is 8.42 Å². The van der Waals surface area contributed by atoms with Crippen molar-refractivity contribution in [2.45, 2.75) is 51.6 Å². The third kappa shape index (κ3) is 3.81. The summed E-state index contributed by atoms with van der Waals surface area (Å²) in [5, 5.41) is 8.06. The molecule has 0 saturated carbocycles. The van der Waals surface area contributed by atoms with Gasteiger partial charge in [0, 0.05) is 12.1 Å². The first-order valence-electron chi connectivity index (χ1n) is 9.48. The van der Waals surface area contributed by atoms with Crippen LogP contribution in [-0.4, -0.2) is 28.7 Å². The molecule has 0 spiro atoms. The summed E-state index contributed by atoms with van der Waals surface area (Å²) in [5.74, 6) is 0.0716. The highest BCUT2D eigenvalue weighted by Gasteiger charge is 2.37. The maximum atomic E-state index is 15.4. The highest BCUT2D eigenvalue weighted by atomic mass is 35.5. The Morgan fingerprint density at radius 3 is 2.30 bits per heavy atom. The summed E-state index contributed by atoms with van der Waals surface area (Å²) < 4.78 is 45.6. The van der Waals surface area contributed by atoms with E-state index in [1.54, 1.807) is 50.5 Å². The van der Waals surface area contributed by atoms with Gasteiger partial charge in [-0.15, -0.1) is 10.2 Å². The van der Waals surface area contributed by atoms with Crippen molar-refractivity contribution in [2.75, 3.05) is 4.31 Å². The lowest BCUT2D eigenvalue weighted by Gasteiger charge is -2.37. The van der Waals surface area contributed by atoms with Gasteiger partial charge in [-0.2, -0.15) is 0 Å². The number of benzene rings is 2. The zero-order chi connectivity index (χ0) is 22.3. The van der Waals surface area contributed by atoms with Gasteiger partial charge in [-0.3, -0.25) is 4.31 Å². The topological polar surface area (TPSA) is 68.1 Å². The van der Waals surface area contributed by atoms with E-state index >= 15 is 4.39 Å². The molecule has 0 bridgehead atoms. The van der Waals surface area contributed by atoms with E-state index < -0.39 is 21.4 Å². The second-order valence-electron chi connectivity index (χ2n) is 7.82. The fraction of sp³-hybridized carbons (Fsp3) is 0.333. The third-order valence-electron chi connectivity index (χ3n) is 4.66. The van der Waals surface area contributed by atoms with Crippen LogP contribution in [0.5, 0.6) is 0 Å². The molecule has 3 rings (SSSR count). The molecule has 0 aliphatic rings. The average Bonchev–Trinajstić information content (AvgIpc) is 3.04. The van der Waals surface area contributed by atoms with Crippen molar-refractivity contribution in [3.05, 3.63) is 59.1 Å². The van der Waals surface area contributed by atoms with Crippen molar-refractivity contribution < 1.29 is 12.8 Å². The van der Waals surface area contributed by atoms with Crippen molar-refractivity contribution in [2.24, 2.45) is 0 Å². The molecule has 0 aliphatic carbocycles. The molecular weight excluding hydrogens is 427 g/mol. The zero-order valence-electron chi connectivity index (χ0n) is 17.5. The van der Waals surface area contributed by atoms with Gasteiger partial charge >= 0.3 is 0 Å². The molecule has 0 saturated heterocycles. The highest BCUT2D eigenvalue weighted by Crippen LogP contribution is 2.41. The van der Waals surface area contributed by atoms with Crippen LogP contribution in [0.25, 0.3) is 11.4 Å². The molecule has 0 unspecified atom stereocenters. The third-order valence-corrected chi connectivity index (χ3v) is 7.04. The second-order valence-corrected chi connectivity index (χ2v) is 10.0. The Kier molecular flexibility index (Phi) is 5.93. The maximum absolute atomic E-state index is 15.4. The summed E-state index contributed by atoms with van der Waals surface area (Å²) >= 11 is 6.09. The number of sulfonamides is 1. The second kappa shape index (κ2) is 8.00. The lowest BCUT2D eigenvalue weighted by molar-refractivity contribution is 0.534. The van der Waals surface area contributed by atoms with E-state index in [4.69, 9.17) is 11.6 Å². The molecule has 30 heavy (non-hydrogen) atoms. The molecule has 0 radical (unpaired) electrons. The van der Waals surface area contributed by atoms with Gasteiger partial charge in [-0.05, 0) is 58.9 Å². The molecule has 9 heteroatoms. The monoisotopic (exact) mass is 450 g/mol. The van der Waals surface area contributed by atoms with Crippen LogP contribution in [0, 0.1) is 12.7 Å². The summed E-state index contributed by atoms with van der Waals surface area (Å²) in [6.45, 7) is 9.37. The van der Waals surface area contributed by atoms with E-state index in [1.807, 2.05) is 6.92 Å². The molecule has 6 nitrogen and oxygen atoms in total. The Morgan fingerprint density at radius 1 is 1.10 bits per heavy atom. The van der Waals surface area contributed by atoms with Crippen molar-refractivity contribution in [3.8, 4) is 11.4 Å².